The molecule has 0 aromatic carbocycles. The molecule has 0 bridgehead atoms. The first kappa shape index (κ1) is 17.0. The predicted octanol–water partition coefficient (Wildman–Crippen LogP) is 1.10. The Morgan fingerprint density at radius 3 is 1.82 bits per heavy atom. The number of hydrogen-bond acceptors (Lipinski definition) is 5. The fourth-order valence-electron chi connectivity index (χ4n) is 1.76. The van der Waals surface area contributed by atoms with Gasteiger partial charge in [0, 0.05) is 31.9 Å². The van der Waals surface area contributed by atoms with Crippen LogP contribution >= 0.6 is 0 Å². The molecule has 0 saturated heterocycles. The van der Waals surface area contributed by atoms with Crippen LogP contribution in [-0.2, 0) is 13.3 Å². The summed E-state index contributed by atoms with van der Waals surface area (Å²) in [6, 6.07) is 0.706. The van der Waals surface area contributed by atoms with E-state index in [1.54, 1.807) is 0 Å². The average Bonchev–Trinajstić information content (AvgIpc) is 2.27. The first-order valence-electron chi connectivity index (χ1n) is 6.51. The Hall–Kier alpha value is 0.0169. The zero-order valence-electron chi connectivity index (χ0n) is 11.4. The molecule has 4 N–H and O–H groups in total. The second kappa shape index (κ2) is 9.99. The Morgan fingerprint density at radius 1 is 1.00 bits per heavy atom. The Morgan fingerprint density at radius 2 is 1.47 bits per heavy atom. The van der Waals surface area contributed by atoms with E-state index in [1.807, 2.05) is 20.8 Å². The van der Waals surface area contributed by atoms with Crippen LogP contribution in [0.25, 0.3) is 0 Å². The van der Waals surface area contributed by atoms with Crippen LogP contribution in [0.3, 0.4) is 0 Å². The van der Waals surface area contributed by atoms with Crippen LogP contribution in [-0.4, -0.2) is 41.2 Å². The van der Waals surface area contributed by atoms with Crippen LogP contribution in [0.2, 0.25) is 6.04 Å². The molecule has 0 rings (SSSR count). The molecule has 5 nitrogen and oxygen atoms in total. The lowest BCUT2D eigenvalue weighted by Crippen LogP contribution is -2.50. The van der Waals surface area contributed by atoms with Crippen molar-refractivity contribution in [3.05, 3.63) is 0 Å². The first-order chi connectivity index (χ1) is 8.14. The minimum Gasteiger partial charge on any atom is -0.374 e. The zero-order chi connectivity index (χ0) is 13.1. The molecule has 104 valence electrons. The van der Waals surface area contributed by atoms with Gasteiger partial charge in [0.05, 0.1) is 0 Å². The Bertz CT molecular complexity index is 167. The van der Waals surface area contributed by atoms with E-state index in [1.165, 1.54) is 0 Å². The van der Waals surface area contributed by atoms with Crippen LogP contribution in [0.1, 0.15) is 33.6 Å². The molecule has 1 unspecified atom stereocenters. The smallest absolute Gasteiger partial charge is 0.374 e. The summed E-state index contributed by atoms with van der Waals surface area (Å²) in [4.78, 5) is 0. The van der Waals surface area contributed by atoms with Gasteiger partial charge in [-0.1, -0.05) is 0 Å². The summed E-state index contributed by atoms with van der Waals surface area (Å²) < 4.78 is 17.2. The Balaban J connectivity index is 4.40. The van der Waals surface area contributed by atoms with E-state index in [2.05, 4.69) is 0 Å². The van der Waals surface area contributed by atoms with E-state index in [0.29, 0.717) is 32.4 Å². The highest BCUT2D eigenvalue weighted by molar-refractivity contribution is 6.60. The van der Waals surface area contributed by atoms with E-state index < -0.39 is 8.80 Å². The van der Waals surface area contributed by atoms with Crippen molar-refractivity contribution in [3.63, 3.8) is 0 Å². The molecule has 0 aromatic rings. The molecule has 0 aromatic heterocycles. The number of rotatable bonds is 11. The normalized spacial score (nSPS) is 13.9. The van der Waals surface area contributed by atoms with Gasteiger partial charge in [-0.2, -0.15) is 0 Å². The maximum atomic E-state index is 6.08. The van der Waals surface area contributed by atoms with Crippen molar-refractivity contribution in [1.29, 1.82) is 0 Å². The van der Waals surface area contributed by atoms with Crippen LogP contribution in [0.15, 0.2) is 0 Å². The lowest BCUT2D eigenvalue weighted by molar-refractivity contribution is 0.0694. The Labute approximate surface area is 106 Å². The summed E-state index contributed by atoms with van der Waals surface area (Å²) >= 11 is 0. The molecule has 0 spiro atoms. The maximum absolute atomic E-state index is 6.08. The Kier molecular flexibility index (Phi) is 10.00. The number of hydrogen-bond donors (Lipinski definition) is 2. The quantitative estimate of drug-likeness (QED) is 0.546. The third-order valence-corrected chi connectivity index (χ3v) is 5.59. The molecule has 0 amide bonds. The van der Waals surface area contributed by atoms with E-state index in [0.717, 1.165) is 12.8 Å². The van der Waals surface area contributed by atoms with Crippen LogP contribution in [0.4, 0.5) is 0 Å². The lowest BCUT2D eigenvalue weighted by Gasteiger charge is -2.30. The predicted molar refractivity (Wildman–Crippen MR) is 71.7 cm³/mol. The molecule has 0 aliphatic carbocycles. The molecule has 0 heterocycles. The topological polar surface area (TPSA) is 79.7 Å². The molecule has 0 radical (unpaired) electrons. The highest BCUT2D eigenvalue weighted by Gasteiger charge is 2.41. The van der Waals surface area contributed by atoms with Gasteiger partial charge in [0.15, 0.2) is 0 Å². The molecule has 0 aliphatic heterocycles. The summed E-state index contributed by atoms with van der Waals surface area (Å²) in [7, 11) is -2.57. The van der Waals surface area contributed by atoms with Gasteiger partial charge in [-0.15, -0.1) is 0 Å². The fraction of sp³-hybridized carbons (Fsp3) is 1.00. The van der Waals surface area contributed by atoms with Crippen LogP contribution < -0.4 is 11.5 Å². The summed E-state index contributed by atoms with van der Waals surface area (Å²) in [5, 5.41) is 0. The van der Waals surface area contributed by atoms with Gasteiger partial charge in [0.1, 0.15) is 0 Å². The van der Waals surface area contributed by atoms with Gasteiger partial charge in [-0.25, -0.2) is 0 Å². The van der Waals surface area contributed by atoms with Crippen molar-refractivity contribution < 1.29 is 13.3 Å². The van der Waals surface area contributed by atoms with Crippen molar-refractivity contribution in [2.75, 3.05) is 26.4 Å². The van der Waals surface area contributed by atoms with E-state index in [-0.39, 0.29) is 6.04 Å². The summed E-state index contributed by atoms with van der Waals surface area (Å²) in [5.74, 6) is 0. The molecule has 0 fully saturated rings. The third-order valence-electron chi connectivity index (χ3n) is 2.38. The molecular weight excluding hydrogens is 236 g/mol. The van der Waals surface area contributed by atoms with Gasteiger partial charge < -0.3 is 24.7 Å². The minimum absolute atomic E-state index is 0.0369. The summed E-state index contributed by atoms with van der Waals surface area (Å²) in [5.41, 5.74) is 11.6. The fourth-order valence-corrected chi connectivity index (χ4v) is 4.53. The largest absolute Gasteiger partial charge is 0.502 e. The highest BCUT2D eigenvalue weighted by Crippen LogP contribution is 2.19. The van der Waals surface area contributed by atoms with Crippen LogP contribution in [0.5, 0.6) is 0 Å². The van der Waals surface area contributed by atoms with Gasteiger partial charge in [0.2, 0.25) is 0 Å². The van der Waals surface area contributed by atoms with E-state index >= 15 is 0 Å². The molecule has 0 saturated carbocycles. The molecule has 17 heavy (non-hydrogen) atoms. The molecule has 0 aliphatic rings. The van der Waals surface area contributed by atoms with Gasteiger partial charge in [-0.3, -0.25) is 0 Å². The van der Waals surface area contributed by atoms with Crippen molar-refractivity contribution in [2.45, 2.75) is 45.7 Å². The second-order valence-electron chi connectivity index (χ2n) is 3.88. The summed E-state index contributed by atoms with van der Waals surface area (Å²) in [6.45, 7) is 8.29. The van der Waals surface area contributed by atoms with Gasteiger partial charge in [0.25, 0.3) is 0 Å². The van der Waals surface area contributed by atoms with Crippen LogP contribution in [0, 0.1) is 0 Å². The van der Waals surface area contributed by atoms with Gasteiger partial charge >= 0.3 is 8.80 Å². The molecule has 6 heteroatoms. The average molecular weight is 264 g/mol. The van der Waals surface area contributed by atoms with Crippen molar-refractivity contribution in [3.8, 4) is 0 Å². The molecule has 1 atom stereocenters. The highest BCUT2D eigenvalue weighted by atomic mass is 28.4. The van der Waals surface area contributed by atoms with Crippen molar-refractivity contribution >= 4 is 8.80 Å². The molecular formula is C11H28N2O3Si. The second-order valence-corrected chi connectivity index (χ2v) is 6.52. The monoisotopic (exact) mass is 264 g/mol. The van der Waals surface area contributed by atoms with Gasteiger partial charge in [-0.05, 0) is 40.2 Å². The van der Waals surface area contributed by atoms with Crippen molar-refractivity contribution in [1.82, 2.24) is 0 Å². The standard InChI is InChI=1S/C11H28N2O3Si/c1-4-14-17(15-5-2,16-6-3)10-11(13)8-7-9-12/h11H,4-10,12-13H2,1-3H3. The van der Waals surface area contributed by atoms with E-state index in [9.17, 15) is 0 Å². The lowest BCUT2D eigenvalue weighted by atomic mass is 10.2. The van der Waals surface area contributed by atoms with Crippen molar-refractivity contribution in [2.24, 2.45) is 11.5 Å². The summed E-state index contributed by atoms with van der Waals surface area (Å²) in [6.07, 6.45) is 1.81. The first-order valence-corrected chi connectivity index (χ1v) is 8.44. The zero-order valence-corrected chi connectivity index (χ0v) is 12.4. The third kappa shape index (κ3) is 7.12. The SMILES string of the molecule is CCO[Si](CC(N)CCCN)(OCC)OCC. The number of nitrogens with two attached hydrogens (primary N) is 2. The maximum Gasteiger partial charge on any atom is 0.502 e. The minimum atomic E-state index is -2.57. The van der Waals surface area contributed by atoms with E-state index in [4.69, 9.17) is 24.7 Å².